The Labute approximate surface area is 189 Å². The molecule has 3 rings (SSSR count). The lowest BCUT2D eigenvalue weighted by atomic mass is 10.2. The number of hydrogen-bond acceptors (Lipinski definition) is 5. The van der Waals surface area contributed by atoms with Gasteiger partial charge < -0.3 is 19.7 Å². The molecule has 1 heterocycles. The molecule has 166 valence electrons. The smallest absolute Gasteiger partial charge is 0.248 e. The van der Waals surface area contributed by atoms with E-state index in [0.717, 1.165) is 41.4 Å². The monoisotopic (exact) mass is 431 g/mol. The summed E-state index contributed by atoms with van der Waals surface area (Å²) >= 11 is 0. The van der Waals surface area contributed by atoms with Crippen LogP contribution < -0.4 is 14.8 Å². The molecule has 0 atom stereocenters. The summed E-state index contributed by atoms with van der Waals surface area (Å²) in [7, 11) is 4.08. The van der Waals surface area contributed by atoms with Gasteiger partial charge in [-0.2, -0.15) is 0 Å². The number of rotatable bonds is 11. The van der Waals surface area contributed by atoms with Crippen LogP contribution in [0.1, 0.15) is 17.7 Å². The topological polar surface area (TPSA) is 63.7 Å². The molecule has 1 aromatic heterocycles. The molecule has 0 radical (unpaired) electrons. The number of anilines is 1. The van der Waals surface area contributed by atoms with E-state index in [0.29, 0.717) is 13.2 Å². The predicted octanol–water partition coefficient (Wildman–Crippen LogP) is 4.64. The standard InChI is InChI=1S/C26H29N3O3/c1-29(2)18-5-19-31-24-14-10-22(11-15-24)28-26(30)16-9-21-7-12-25(13-8-21)32-20-23-6-3-4-17-27-23/h3-4,6-17H,5,18-20H2,1-2H3,(H,28,30)/b16-9+. The average Bonchev–Trinajstić information content (AvgIpc) is 2.81. The summed E-state index contributed by atoms with van der Waals surface area (Å²) < 4.78 is 11.4. The molecule has 32 heavy (non-hydrogen) atoms. The fourth-order valence-corrected chi connectivity index (χ4v) is 2.88. The minimum atomic E-state index is -0.194. The number of carbonyl (C=O) groups is 1. The zero-order chi connectivity index (χ0) is 22.6. The molecular weight excluding hydrogens is 402 g/mol. The number of pyridine rings is 1. The van der Waals surface area contributed by atoms with Gasteiger partial charge in [-0.15, -0.1) is 0 Å². The van der Waals surface area contributed by atoms with Crippen molar-refractivity contribution in [2.75, 3.05) is 32.6 Å². The quantitative estimate of drug-likeness (QED) is 0.354. The normalized spacial score (nSPS) is 11.0. The zero-order valence-corrected chi connectivity index (χ0v) is 18.5. The van der Waals surface area contributed by atoms with E-state index in [-0.39, 0.29) is 5.91 Å². The molecule has 0 bridgehead atoms. The van der Waals surface area contributed by atoms with Crippen LogP contribution in [-0.2, 0) is 11.4 Å². The maximum absolute atomic E-state index is 12.2. The van der Waals surface area contributed by atoms with Crippen LogP contribution in [0.25, 0.3) is 6.08 Å². The van der Waals surface area contributed by atoms with Gasteiger partial charge in [0.05, 0.1) is 12.3 Å². The van der Waals surface area contributed by atoms with Crippen molar-refractivity contribution >= 4 is 17.7 Å². The van der Waals surface area contributed by atoms with Crippen molar-refractivity contribution in [3.8, 4) is 11.5 Å². The molecule has 0 fully saturated rings. The van der Waals surface area contributed by atoms with Gasteiger partial charge in [0.1, 0.15) is 18.1 Å². The second-order valence-corrected chi connectivity index (χ2v) is 7.53. The summed E-state index contributed by atoms with van der Waals surface area (Å²) in [5, 5.41) is 2.85. The third-order valence-corrected chi connectivity index (χ3v) is 4.56. The molecule has 6 nitrogen and oxygen atoms in total. The Morgan fingerprint density at radius 2 is 1.69 bits per heavy atom. The van der Waals surface area contributed by atoms with E-state index in [4.69, 9.17) is 9.47 Å². The Morgan fingerprint density at radius 1 is 0.969 bits per heavy atom. The van der Waals surface area contributed by atoms with Gasteiger partial charge in [-0.1, -0.05) is 18.2 Å². The van der Waals surface area contributed by atoms with Gasteiger partial charge in [0.25, 0.3) is 0 Å². The Morgan fingerprint density at radius 3 is 2.38 bits per heavy atom. The summed E-state index contributed by atoms with van der Waals surface area (Å²) in [5.41, 5.74) is 2.50. The van der Waals surface area contributed by atoms with E-state index in [9.17, 15) is 4.79 Å². The van der Waals surface area contributed by atoms with Crippen LogP contribution in [0.5, 0.6) is 11.5 Å². The van der Waals surface area contributed by atoms with Gasteiger partial charge in [0.2, 0.25) is 5.91 Å². The number of nitrogens with one attached hydrogen (secondary N) is 1. The molecule has 0 aliphatic carbocycles. The van der Waals surface area contributed by atoms with Crippen molar-refractivity contribution in [3.63, 3.8) is 0 Å². The lowest BCUT2D eigenvalue weighted by molar-refractivity contribution is -0.111. The van der Waals surface area contributed by atoms with Crippen LogP contribution >= 0.6 is 0 Å². The molecule has 6 heteroatoms. The van der Waals surface area contributed by atoms with E-state index in [2.05, 4.69) is 15.2 Å². The fraction of sp³-hybridized carbons (Fsp3) is 0.231. The highest BCUT2D eigenvalue weighted by atomic mass is 16.5. The third-order valence-electron chi connectivity index (χ3n) is 4.56. The third kappa shape index (κ3) is 8.24. The van der Waals surface area contributed by atoms with E-state index in [1.165, 1.54) is 6.08 Å². The van der Waals surface area contributed by atoms with Crippen molar-refractivity contribution in [3.05, 3.63) is 90.3 Å². The van der Waals surface area contributed by atoms with Crippen molar-refractivity contribution < 1.29 is 14.3 Å². The van der Waals surface area contributed by atoms with Gasteiger partial charge in [-0.25, -0.2) is 0 Å². The molecule has 3 aromatic rings. The van der Waals surface area contributed by atoms with Crippen LogP contribution in [0.4, 0.5) is 5.69 Å². The van der Waals surface area contributed by atoms with Crippen LogP contribution in [-0.4, -0.2) is 43.0 Å². The molecule has 0 aliphatic rings. The number of carbonyl (C=O) groups excluding carboxylic acids is 1. The van der Waals surface area contributed by atoms with Crippen molar-refractivity contribution in [1.82, 2.24) is 9.88 Å². The molecule has 0 unspecified atom stereocenters. The van der Waals surface area contributed by atoms with Gasteiger partial charge in [0, 0.05) is 24.5 Å². The lowest BCUT2D eigenvalue weighted by Gasteiger charge is -2.10. The molecule has 1 N–H and O–H groups in total. The maximum Gasteiger partial charge on any atom is 0.248 e. The molecule has 0 spiro atoms. The van der Waals surface area contributed by atoms with Gasteiger partial charge in [0.15, 0.2) is 0 Å². The highest BCUT2D eigenvalue weighted by Gasteiger charge is 2.01. The first-order valence-electron chi connectivity index (χ1n) is 10.6. The first-order valence-corrected chi connectivity index (χ1v) is 10.6. The van der Waals surface area contributed by atoms with Gasteiger partial charge in [-0.3, -0.25) is 9.78 Å². The first kappa shape index (κ1) is 23.0. The van der Waals surface area contributed by atoms with Crippen molar-refractivity contribution in [2.24, 2.45) is 0 Å². The van der Waals surface area contributed by atoms with Gasteiger partial charge >= 0.3 is 0 Å². The summed E-state index contributed by atoms with van der Waals surface area (Å²) in [6.45, 7) is 2.07. The summed E-state index contributed by atoms with van der Waals surface area (Å²) in [4.78, 5) is 18.6. The van der Waals surface area contributed by atoms with E-state index in [1.54, 1.807) is 12.3 Å². The number of benzene rings is 2. The fourth-order valence-electron chi connectivity index (χ4n) is 2.88. The van der Waals surface area contributed by atoms with Crippen LogP contribution in [0.15, 0.2) is 79.0 Å². The Hall–Kier alpha value is -3.64. The Kier molecular flexibility index (Phi) is 8.83. The second-order valence-electron chi connectivity index (χ2n) is 7.53. The first-order chi connectivity index (χ1) is 15.6. The van der Waals surface area contributed by atoms with Crippen molar-refractivity contribution in [2.45, 2.75) is 13.0 Å². The second kappa shape index (κ2) is 12.3. The Balaban J connectivity index is 1.42. The maximum atomic E-state index is 12.2. The van der Waals surface area contributed by atoms with Crippen LogP contribution in [0, 0.1) is 0 Å². The number of aromatic nitrogens is 1. The molecule has 0 saturated carbocycles. The summed E-state index contributed by atoms with van der Waals surface area (Å²) in [6.07, 6.45) is 5.98. The minimum absolute atomic E-state index is 0.194. The molecule has 0 aliphatic heterocycles. The number of hydrogen-bond donors (Lipinski definition) is 1. The summed E-state index contributed by atoms with van der Waals surface area (Å²) in [5.74, 6) is 1.35. The predicted molar refractivity (Wildman–Crippen MR) is 128 cm³/mol. The number of ether oxygens (including phenoxy) is 2. The minimum Gasteiger partial charge on any atom is -0.494 e. The van der Waals surface area contributed by atoms with Crippen LogP contribution in [0.3, 0.4) is 0 Å². The highest BCUT2D eigenvalue weighted by molar-refractivity contribution is 6.01. The molecular formula is C26H29N3O3. The van der Waals surface area contributed by atoms with Crippen LogP contribution in [0.2, 0.25) is 0 Å². The summed E-state index contributed by atoms with van der Waals surface area (Å²) in [6, 6.07) is 20.7. The molecule has 1 amide bonds. The lowest BCUT2D eigenvalue weighted by Crippen LogP contribution is -2.15. The molecule has 0 saturated heterocycles. The zero-order valence-electron chi connectivity index (χ0n) is 18.5. The molecule has 2 aromatic carbocycles. The average molecular weight is 432 g/mol. The van der Waals surface area contributed by atoms with E-state index >= 15 is 0 Å². The van der Waals surface area contributed by atoms with E-state index in [1.807, 2.05) is 80.8 Å². The largest absolute Gasteiger partial charge is 0.494 e. The van der Waals surface area contributed by atoms with E-state index < -0.39 is 0 Å². The number of amides is 1. The number of nitrogens with zero attached hydrogens (tertiary/aromatic N) is 2. The Bertz CT molecular complexity index is 985. The van der Waals surface area contributed by atoms with Crippen molar-refractivity contribution in [1.29, 1.82) is 0 Å². The SMILES string of the molecule is CN(C)CCCOc1ccc(NC(=O)/C=C/c2ccc(OCc3ccccn3)cc2)cc1. The van der Waals surface area contributed by atoms with Gasteiger partial charge in [-0.05, 0) is 80.7 Å². The highest BCUT2D eigenvalue weighted by Crippen LogP contribution is 2.17.